The highest BCUT2D eigenvalue weighted by molar-refractivity contribution is 4.98. The monoisotopic (exact) mass is 384 g/mol. The fourth-order valence-corrected chi connectivity index (χ4v) is 3.55. The first-order valence-electron chi connectivity index (χ1n) is 12.5. The Morgan fingerprint density at radius 3 is 1.44 bits per heavy atom. The summed E-state index contributed by atoms with van der Waals surface area (Å²) in [4.78, 5) is 0. The molecular weight excluding hydrogens is 324 g/mol. The van der Waals surface area contributed by atoms with Crippen molar-refractivity contribution < 1.29 is 0 Å². The van der Waals surface area contributed by atoms with Crippen molar-refractivity contribution in [1.29, 1.82) is 0 Å². The van der Waals surface area contributed by atoms with Crippen LogP contribution in [0.4, 0.5) is 0 Å². The Morgan fingerprint density at radius 2 is 1.15 bits per heavy atom. The maximum Gasteiger partial charge on any atom is -0.0255 e. The molecule has 0 spiro atoms. The average Bonchev–Trinajstić information content (AvgIpc) is 2.65. The van der Waals surface area contributed by atoms with Gasteiger partial charge in [0.05, 0.1) is 0 Å². The lowest BCUT2D eigenvalue weighted by molar-refractivity contribution is 0.136. The van der Waals surface area contributed by atoms with Gasteiger partial charge in [0.25, 0.3) is 0 Å². The van der Waals surface area contributed by atoms with Crippen molar-refractivity contribution in [2.45, 2.75) is 141 Å². The fraction of sp³-hybridized carbons (Fsp3) is 0.926. The predicted molar refractivity (Wildman–Crippen MR) is 133 cm³/mol. The van der Waals surface area contributed by atoms with Gasteiger partial charge in [0.2, 0.25) is 0 Å². The molecule has 0 aliphatic heterocycles. The summed E-state index contributed by atoms with van der Waals surface area (Å²) in [5.74, 6) is 2.60. The number of rotatable bonds is 6. The maximum atomic E-state index is 2.47. The van der Waals surface area contributed by atoms with E-state index >= 15 is 0 Å². The minimum Gasteiger partial charge on any atom is -0.0885 e. The molecule has 3 unspecified atom stereocenters. The molecular formula is C27H60. The van der Waals surface area contributed by atoms with E-state index in [9.17, 15) is 0 Å². The first-order chi connectivity index (χ1) is 12.8. The van der Waals surface area contributed by atoms with Gasteiger partial charge in [0.1, 0.15) is 0 Å². The topological polar surface area (TPSA) is 0 Å². The second-order valence-corrected chi connectivity index (χ2v) is 8.29. The molecule has 0 heterocycles. The average molecular weight is 385 g/mol. The molecule has 1 aliphatic carbocycles. The third kappa shape index (κ3) is 21.9. The van der Waals surface area contributed by atoms with Gasteiger partial charge in [-0.25, -0.2) is 0 Å². The van der Waals surface area contributed by atoms with E-state index in [2.05, 4.69) is 74.5 Å². The van der Waals surface area contributed by atoms with E-state index in [1.807, 2.05) is 27.7 Å². The van der Waals surface area contributed by atoms with Crippen LogP contribution in [0.3, 0.4) is 0 Å². The molecule has 168 valence electrons. The second-order valence-electron chi connectivity index (χ2n) is 8.29. The summed E-state index contributed by atoms with van der Waals surface area (Å²) in [7, 11) is 0. The summed E-state index contributed by atoms with van der Waals surface area (Å²) in [5, 5.41) is 0. The molecule has 1 aliphatic rings. The largest absolute Gasteiger partial charge is 0.0885 e. The Kier molecular flexibility index (Phi) is 32.7. The third-order valence-electron chi connectivity index (χ3n) is 4.77. The van der Waals surface area contributed by atoms with Crippen LogP contribution in [0.15, 0.2) is 12.2 Å². The molecule has 0 aromatic heterocycles. The molecule has 0 bridgehead atoms. The smallest absolute Gasteiger partial charge is 0.0255 e. The van der Waals surface area contributed by atoms with Crippen LogP contribution in [0.2, 0.25) is 0 Å². The zero-order valence-electron chi connectivity index (χ0n) is 22.0. The van der Waals surface area contributed by atoms with Crippen molar-refractivity contribution in [1.82, 2.24) is 0 Å². The lowest BCUT2D eigenvalue weighted by Gasteiger charge is -2.40. The van der Waals surface area contributed by atoms with Crippen LogP contribution in [0.1, 0.15) is 141 Å². The zero-order chi connectivity index (χ0) is 22.3. The minimum absolute atomic E-state index is 0.617. The van der Waals surface area contributed by atoms with E-state index in [1.165, 1.54) is 51.4 Å². The lowest BCUT2D eigenvalue weighted by Crippen LogP contribution is -2.28. The molecule has 0 heteroatoms. The third-order valence-corrected chi connectivity index (χ3v) is 4.77. The quantitative estimate of drug-likeness (QED) is 0.399. The second kappa shape index (κ2) is 25.7. The first kappa shape index (κ1) is 34.3. The number of allylic oxidation sites excluding steroid dienone is 2. The van der Waals surface area contributed by atoms with Gasteiger partial charge in [-0.05, 0) is 55.3 Å². The molecule has 0 saturated carbocycles. The Labute approximate surface area is 177 Å². The highest BCUT2D eigenvalue weighted by atomic mass is 14.4. The molecule has 0 fully saturated rings. The predicted octanol–water partition coefficient (Wildman–Crippen LogP) is 10.7. The number of hydrogen-bond acceptors (Lipinski definition) is 0. The van der Waals surface area contributed by atoms with Crippen molar-refractivity contribution in [3.05, 3.63) is 12.2 Å². The fourth-order valence-electron chi connectivity index (χ4n) is 3.55. The van der Waals surface area contributed by atoms with E-state index < -0.39 is 0 Å². The van der Waals surface area contributed by atoms with E-state index in [-0.39, 0.29) is 0 Å². The normalized spacial score (nSPS) is 19.6. The summed E-state index contributed by atoms with van der Waals surface area (Å²) >= 11 is 0. The molecule has 1 rings (SSSR count). The van der Waals surface area contributed by atoms with Crippen LogP contribution < -0.4 is 0 Å². The van der Waals surface area contributed by atoms with Crippen LogP contribution in [0.25, 0.3) is 0 Å². The molecule has 0 amide bonds. The van der Waals surface area contributed by atoms with Crippen molar-refractivity contribution in [3.8, 4) is 0 Å². The van der Waals surface area contributed by atoms with Crippen LogP contribution in [0.5, 0.6) is 0 Å². The molecule has 0 aromatic carbocycles. The summed E-state index contributed by atoms with van der Waals surface area (Å²) in [5.41, 5.74) is 0.617. The van der Waals surface area contributed by atoms with Gasteiger partial charge in [-0.15, -0.1) is 0 Å². The molecule has 0 N–H and O–H groups in total. The first-order valence-corrected chi connectivity index (χ1v) is 12.5. The number of hydrogen-bond donors (Lipinski definition) is 0. The van der Waals surface area contributed by atoms with Gasteiger partial charge >= 0.3 is 0 Å². The Bertz CT molecular complexity index is 261. The Morgan fingerprint density at radius 1 is 0.704 bits per heavy atom. The molecule has 3 atom stereocenters. The summed E-state index contributed by atoms with van der Waals surface area (Å²) in [6.07, 6.45) is 15.5. The molecule has 0 saturated heterocycles. The van der Waals surface area contributed by atoms with E-state index in [0.29, 0.717) is 5.41 Å². The maximum absolute atomic E-state index is 2.47. The highest BCUT2D eigenvalue weighted by Gasteiger charge is 2.33. The van der Waals surface area contributed by atoms with Crippen molar-refractivity contribution >= 4 is 0 Å². The zero-order valence-corrected chi connectivity index (χ0v) is 22.0. The Balaban J connectivity index is -0.000000224. The van der Waals surface area contributed by atoms with Gasteiger partial charge in [0.15, 0.2) is 0 Å². The lowest BCUT2D eigenvalue weighted by atomic mass is 9.65. The minimum atomic E-state index is 0.617. The summed E-state index contributed by atoms with van der Waals surface area (Å²) in [6.45, 7) is 28.5. The Hall–Kier alpha value is -0.260. The van der Waals surface area contributed by atoms with Crippen molar-refractivity contribution in [3.63, 3.8) is 0 Å². The van der Waals surface area contributed by atoms with Gasteiger partial charge in [-0.1, -0.05) is 121 Å². The van der Waals surface area contributed by atoms with Crippen LogP contribution in [-0.2, 0) is 0 Å². The van der Waals surface area contributed by atoms with E-state index in [4.69, 9.17) is 0 Å². The molecule has 0 aromatic rings. The van der Waals surface area contributed by atoms with Crippen LogP contribution in [-0.4, -0.2) is 0 Å². The van der Waals surface area contributed by atoms with Crippen LogP contribution in [0, 0.1) is 23.2 Å². The standard InChI is InChI=1S/C17H32.2C3H8.2C2H6/c1-6-15(4)16(5)13-17(12-14(2)3)10-8-7-9-11-17;2*1-3-2;2*1-2/h7-8,14-16H,6,9-13H2,1-5H3;2*3H2,1-2H3;2*1-2H3. The van der Waals surface area contributed by atoms with E-state index in [1.54, 1.807) is 0 Å². The van der Waals surface area contributed by atoms with E-state index in [0.717, 1.165) is 17.8 Å². The van der Waals surface area contributed by atoms with Crippen LogP contribution >= 0.6 is 0 Å². The highest BCUT2D eigenvalue weighted by Crippen LogP contribution is 2.45. The molecule has 27 heavy (non-hydrogen) atoms. The SMILES string of the molecule is CC.CC.CCC.CCC.CCC(C)C(C)CC1(CC(C)C)CC=CCC1. The van der Waals surface area contributed by atoms with Gasteiger partial charge in [-0.3, -0.25) is 0 Å². The molecule has 0 radical (unpaired) electrons. The molecule has 0 nitrogen and oxygen atoms in total. The summed E-state index contributed by atoms with van der Waals surface area (Å²) < 4.78 is 0. The van der Waals surface area contributed by atoms with Crippen molar-refractivity contribution in [2.24, 2.45) is 23.2 Å². The summed E-state index contributed by atoms with van der Waals surface area (Å²) in [6, 6.07) is 0. The van der Waals surface area contributed by atoms with Gasteiger partial charge < -0.3 is 0 Å². The van der Waals surface area contributed by atoms with Gasteiger partial charge in [-0.2, -0.15) is 0 Å². The van der Waals surface area contributed by atoms with Gasteiger partial charge in [0, 0.05) is 0 Å². The van der Waals surface area contributed by atoms with Crippen molar-refractivity contribution in [2.75, 3.05) is 0 Å².